The minimum absolute atomic E-state index is 0.140. The molecule has 0 heterocycles. The third-order valence-electron chi connectivity index (χ3n) is 5.32. The van der Waals surface area contributed by atoms with Crippen molar-refractivity contribution in [3.8, 4) is 0 Å². The predicted octanol–water partition coefficient (Wildman–Crippen LogP) is 3.59. The highest BCUT2D eigenvalue weighted by Gasteiger charge is 2.64. The third kappa shape index (κ3) is 1.33. The maximum absolute atomic E-state index is 11.6. The smallest absolute Gasteiger partial charge is 0.309 e. The van der Waals surface area contributed by atoms with Crippen LogP contribution in [0, 0.1) is 16.7 Å². The molecule has 4 aliphatic rings. The molecule has 0 unspecified atom stereocenters. The zero-order valence-corrected chi connectivity index (χ0v) is 11.3. The lowest BCUT2D eigenvalue weighted by Gasteiger charge is -2.63. The summed E-state index contributed by atoms with van der Waals surface area (Å²) in [6, 6.07) is 0. The number of hydrogen-bond acceptors (Lipinski definition) is 1. The Morgan fingerprint density at radius 3 is 2.62 bits per heavy atom. The summed E-state index contributed by atoms with van der Waals surface area (Å²) >= 11 is 3.87. The van der Waals surface area contributed by atoms with Gasteiger partial charge in [0.15, 0.2) is 0 Å². The standard InChI is InChI=1S/C13H19BrO2/c1-2-11-3-9-4-12(6-11,10(15)16)8-13(14,5-9)7-11/h9H,2-8H2,1H3,(H,15,16)/t9-,11+,12+,13-/m0/s1. The zero-order chi connectivity index (χ0) is 11.6. The first kappa shape index (κ1) is 11.1. The molecule has 0 radical (unpaired) electrons. The molecule has 0 aromatic carbocycles. The Balaban J connectivity index is 2.04. The molecule has 4 bridgehead atoms. The van der Waals surface area contributed by atoms with Gasteiger partial charge >= 0.3 is 5.97 Å². The van der Waals surface area contributed by atoms with Crippen molar-refractivity contribution in [2.45, 2.75) is 56.2 Å². The summed E-state index contributed by atoms with van der Waals surface area (Å²) in [6.07, 6.45) is 7.52. The van der Waals surface area contributed by atoms with E-state index in [9.17, 15) is 9.90 Å². The molecule has 0 saturated heterocycles. The van der Waals surface area contributed by atoms with E-state index in [4.69, 9.17) is 0 Å². The quantitative estimate of drug-likeness (QED) is 0.788. The Morgan fingerprint density at radius 2 is 2.06 bits per heavy atom. The Bertz CT molecular complexity index is 356. The van der Waals surface area contributed by atoms with E-state index in [-0.39, 0.29) is 4.32 Å². The van der Waals surface area contributed by atoms with E-state index < -0.39 is 11.4 Å². The fourth-order valence-corrected chi connectivity index (χ4v) is 6.74. The topological polar surface area (TPSA) is 37.3 Å². The summed E-state index contributed by atoms with van der Waals surface area (Å²) in [5, 5.41) is 9.58. The van der Waals surface area contributed by atoms with Crippen LogP contribution < -0.4 is 0 Å². The van der Waals surface area contributed by atoms with Gasteiger partial charge < -0.3 is 5.11 Å². The van der Waals surface area contributed by atoms with Gasteiger partial charge in [0.1, 0.15) is 0 Å². The number of rotatable bonds is 2. The monoisotopic (exact) mass is 286 g/mol. The van der Waals surface area contributed by atoms with Gasteiger partial charge in [0.05, 0.1) is 5.41 Å². The SMILES string of the molecule is CC[C@]12C[C@@H]3C[C@](Br)(C1)C[C@@](C(=O)O)(C3)C2. The van der Waals surface area contributed by atoms with E-state index in [2.05, 4.69) is 22.9 Å². The van der Waals surface area contributed by atoms with Gasteiger partial charge in [-0.3, -0.25) is 4.79 Å². The number of halogens is 1. The maximum atomic E-state index is 11.6. The highest BCUT2D eigenvalue weighted by atomic mass is 79.9. The molecular formula is C13H19BrO2. The minimum Gasteiger partial charge on any atom is -0.481 e. The number of aliphatic carboxylic acids is 1. The summed E-state index contributed by atoms with van der Waals surface area (Å²) in [5.41, 5.74) is -0.0831. The molecule has 4 rings (SSSR count). The second kappa shape index (κ2) is 3.04. The molecule has 4 atom stereocenters. The summed E-state index contributed by atoms with van der Waals surface area (Å²) in [4.78, 5) is 11.6. The van der Waals surface area contributed by atoms with Gasteiger partial charge in [-0.25, -0.2) is 0 Å². The maximum Gasteiger partial charge on any atom is 0.309 e. The largest absolute Gasteiger partial charge is 0.481 e. The average molecular weight is 287 g/mol. The van der Waals surface area contributed by atoms with Gasteiger partial charge in [-0.2, -0.15) is 0 Å². The molecule has 0 aromatic heterocycles. The van der Waals surface area contributed by atoms with Crippen molar-refractivity contribution in [3.63, 3.8) is 0 Å². The first-order valence-electron chi connectivity index (χ1n) is 6.33. The highest BCUT2D eigenvalue weighted by molar-refractivity contribution is 9.10. The van der Waals surface area contributed by atoms with Crippen LogP contribution in [0.3, 0.4) is 0 Å². The molecule has 3 heteroatoms. The van der Waals surface area contributed by atoms with Gasteiger partial charge in [-0.1, -0.05) is 29.3 Å². The fraction of sp³-hybridized carbons (Fsp3) is 0.923. The Kier molecular flexibility index (Phi) is 2.10. The summed E-state index contributed by atoms with van der Waals surface area (Å²) in [7, 11) is 0. The molecule has 16 heavy (non-hydrogen) atoms. The second-order valence-corrected chi connectivity index (χ2v) is 8.28. The summed E-state index contributed by atoms with van der Waals surface area (Å²) in [6.45, 7) is 2.24. The molecule has 0 spiro atoms. The van der Waals surface area contributed by atoms with Crippen LogP contribution >= 0.6 is 15.9 Å². The van der Waals surface area contributed by atoms with Crippen LogP contribution in [-0.4, -0.2) is 15.4 Å². The molecule has 4 fully saturated rings. The number of carbonyl (C=O) groups is 1. The number of alkyl halides is 1. The van der Waals surface area contributed by atoms with Crippen molar-refractivity contribution in [2.75, 3.05) is 0 Å². The van der Waals surface area contributed by atoms with Crippen LogP contribution in [0.2, 0.25) is 0 Å². The van der Waals surface area contributed by atoms with Crippen LogP contribution in [0.4, 0.5) is 0 Å². The van der Waals surface area contributed by atoms with Gasteiger partial charge in [0.25, 0.3) is 0 Å². The number of carboxylic acids is 1. The summed E-state index contributed by atoms with van der Waals surface area (Å²) in [5.74, 6) is 0.102. The van der Waals surface area contributed by atoms with Crippen molar-refractivity contribution in [1.82, 2.24) is 0 Å². The van der Waals surface area contributed by atoms with Crippen LogP contribution in [0.15, 0.2) is 0 Å². The lowest BCUT2D eigenvalue weighted by atomic mass is 9.43. The van der Waals surface area contributed by atoms with Crippen LogP contribution in [0.5, 0.6) is 0 Å². The molecular weight excluding hydrogens is 268 g/mol. The average Bonchev–Trinajstić information content (AvgIpc) is 2.13. The highest BCUT2D eigenvalue weighted by Crippen LogP contribution is 2.69. The first-order chi connectivity index (χ1) is 7.41. The van der Waals surface area contributed by atoms with Crippen LogP contribution in [0.25, 0.3) is 0 Å². The fourth-order valence-electron chi connectivity index (χ4n) is 5.15. The zero-order valence-electron chi connectivity index (χ0n) is 9.76. The number of carboxylic acid groups (broad SMARTS) is 1. The molecule has 0 amide bonds. The lowest BCUT2D eigenvalue weighted by molar-refractivity contribution is -0.171. The molecule has 0 aliphatic heterocycles. The van der Waals surface area contributed by atoms with Crippen molar-refractivity contribution in [3.05, 3.63) is 0 Å². The molecule has 90 valence electrons. The van der Waals surface area contributed by atoms with E-state index >= 15 is 0 Å². The van der Waals surface area contributed by atoms with E-state index in [0.29, 0.717) is 11.3 Å². The van der Waals surface area contributed by atoms with Crippen molar-refractivity contribution in [2.24, 2.45) is 16.7 Å². The van der Waals surface area contributed by atoms with Crippen molar-refractivity contribution >= 4 is 21.9 Å². The predicted molar refractivity (Wildman–Crippen MR) is 65.6 cm³/mol. The first-order valence-corrected chi connectivity index (χ1v) is 7.13. The van der Waals surface area contributed by atoms with E-state index in [0.717, 1.165) is 25.7 Å². The van der Waals surface area contributed by atoms with Gasteiger partial charge in [-0.15, -0.1) is 0 Å². The Hall–Kier alpha value is -0.0500. The Labute approximate surface area is 105 Å². The van der Waals surface area contributed by atoms with E-state index in [1.54, 1.807) is 0 Å². The van der Waals surface area contributed by atoms with Crippen molar-refractivity contribution < 1.29 is 9.90 Å². The summed E-state index contributed by atoms with van der Waals surface area (Å²) < 4.78 is 0.140. The second-order valence-electron chi connectivity index (χ2n) is 6.60. The van der Waals surface area contributed by atoms with Crippen LogP contribution in [-0.2, 0) is 4.79 Å². The minimum atomic E-state index is -0.543. The van der Waals surface area contributed by atoms with E-state index in [1.807, 2.05) is 0 Å². The number of hydrogen-bond donors (Lipinski definition) is 1. The van der Waals surface area contributed by atoms with Gasteiger partial charge in [-0.05, 0) is 49.9 Å². The van der Waals surface area contributed by atoms with E-state index in [1.165, 1.54) is 19.3 Å². The normalized spacial score (nSPS) is 54.2. The van der Waals surface area contributed by atoms with Crippen LogP contribution in [0.1, 0.15) is 51.9 Å². The molecule has 0 aromatic rings. The molecule has 2 nitrogen and oxygen atoms in total. The Morgan fingerprint density at radius 1 is 1.31 bits per heavy atom. The van der Waals surface area contributed by atoms with Gasteiger partial charge in [0, 0.05) is 4.32 Å². The van der Waals surface area contributed by atoms with Gasteiger partial charge in [0.2, 0.25) is 0 Å². The lowest BCUT2D eigenvalue weighted by Crippen LogP contribution is -2.60. The molecule has 4 saturated carbocycles. The molecule has 1 N–H and O–H groups in total. The molecule has 4 aliphatic carbocycles. The third-order valence-corrected chi connectivity index (χ3v) is 6.20. The van der Waals surface area contributed by atoms with Crippen molar-refractivity contribution in [1.29, 1.82) is 0 Å².